The Bertz CT molecular complexity index is 3070. The van der Waals surface area contributed by atoms with Gasteiger partial charge in [-0.3, -0.25) is 0 Å². The van der Waals surface area contributed by atoms with Crippen LogP contribution in [-0.2, 0) is 6.42 Å². The molecule has 0 saturated heterocycles. The summed E-state index contributed by atoms with van der Waals surface area (Å²) in [5, 5.41) is 12.5. The molecule has 57 heavy (non-hydrogen) atoms. The average Bonchev–Trinajstić information content (AvgIpc) is 3.27. The second-order valence-corrected chi connectivity index (χ2v) is 15.6. The summed E-state index contributed by atoms with van der Waals surface area (Å²) in [6.45, 7) is 2.32. The predicted molar refractivity (Wildman–Crippen MR) is 246 cm³/mol. The SMILES string of the molecule is Cc1c(N(c2c3ccccc3c(N(c3ccccc3)c3ccc4cc5ccccc5cc4c3)c3ccccc23)C2C=CC=CC2)ccc2cc3c(cc12)C=CCC3. The molecule has 9 aromatic rings. The molecule has 2 aliphatic carbocycles. The maximum atomic E-state index is 2.65. The monoisotopic (exact) mass is 730 g/mol. The minimum atomic E-state index is 0.141. The van der Waals surface area contributed by atoms with Gasteiger partial charge in [-0.15, -0.1) is 0 Å². The lowest BCUT2D eigenvalue weighted by molar-refractivity contribution is 0.788. The van der Waals surface area contributed by atoms with Gasteiger partial charge in [0.1, 0.15) is 0 Å². The largest absolute Gasteiger partial charge is 0.333 e. The first-order chi connectivity index (χ1) is 28.2. The van der Waals surface area contributed by atoms with Gasteiger partial charge in [0.25, 0.3) is 0 Å². The molecule has 0 amide bonds. The van der Waals surface area contributed by atoms with Crippen LogP contribution in [0.25, 0.3) is 59.9 Å². The smallest absolute Gasteiger partial charge is 0.0619 e. The van der Waals surface area contributed by atoms with Crippen molar-refractivity contribution in [3.63, 3.8) is 0 Å². The number of nitrogens with zero attached hydrogens (tertiary/aromatic N) is 2. The maximum absolute atomic E-state index is 2.65. The van der Waals surface area contributed by atoms with Crippen LogP contribution in [0.3, 0.4) is 0 Å². The average molecular weight is 731 g/mol. The number of hydrogen-bond donors (Lipinski definition) is 0. The molecule has 2 heteroatoms. The minimum Gasteiger partial charge on any atom is -0.333 e. The van der Waals surface area contributed by atoms with Crippen molar-refractivity contribution >= 4 is 88.4 Å². The topological polar surface area (TPSA) is 6.48 Å². The highest BCUT2D eigenvalue weighted by Crippen LogP contribution is 2.51. The minimum absolute atomic E-state index is 0.141. The second-order valence-electron chi connectivity index (χ2n) is 15.6. The van der Waals surface area contributed by atoms with E-state index < -0.39 is 0 Å². The lowest BCUT2D eigenvalue weighted by Crippen LogP contribution is -2.31. The Labute approximate surface area is 333 Å². The molecule has 11 rings (SSSR count). The number of rotatable bonds is 6. The third-order valence-corrected chi connectivity index (χ3v) is 12.2. The highest BCUT2D eigenvalue weighted by molar-refractivity contribution is 6.23. The molecular weight excluding hydrogens is 689 g/mol. The first-order valence-corrected chi connectivity index (χ1v) is 20.3. The van der Waals surface area contributed by atoms with Crippen molar-refractivity contribution in [1.29, 1.82) is 0 Å². The van der Waals surface area contributed by atoms with E-state index in [0.29, 0.717) is 0 Å². The summed E-state index contributed by atoms with van der Waals surface area (Å²) < 4.78 is 0. The molecule has 0 bridgehead atoms. The van der Waals surface area contributed by atoms with Crippen LogP contribution in [0.2, 0.25) is 0 Å². The summed E-state index contributed by atoms with van der Waals surface area (Å²) >= 11 is 0. The Morgan fingerprint density at radius 3 is 1.86 bits per heavy atom. The molecule has 0 N–H and O–H groups in total. The summed E-state index contributed by atoms with van der Waals surface area (Å²) in [5.74, 6) is 0. The Morgan fingerprint density at radius 2 is 1.14 bits per heavy atom. The summed E-state index contributed by atoms with van der Waals surface area (Å²) in [7, 11) is 0. The fraction of sp³-hybridized carbons (Fsp3) is 0.0909. The predicted octanol–water partition coefficient (Wildman–Crippen LogP) is 15.2. The van der Waals surface area contributed by atoms with E-state index in [1.165, 1.54) is 87.6 Å². The third-order valence-electron chi connectivity index (χ3n) is 12.2. The maximum Gasteiger partial charge on any atom is 0.0619 e. The molecule has 9 aromatic carbocycles. The van der Waals surface area contributed by atoms with Gasteiger partial charge in [-0.2, -0.15) is 0 Å². The lowest BCUT2D eigenvalue weighted by atomic mass is 9.90. The zero-order valence-corrected chi connectivity index (χ0v) is 32.1. The highest BCUT2D eigenvalue weighted by atomic mass is 15.2. The summed E-state index contributed by atoms with van der Waals surface area (Å²) in [6, 6.07) is 59.0. The molecule has 0 fully saturated rings. The molecule has 0 aromatic heterocycles. The van der Waals surface area contributed by atoms with Gasteiger partial charge in [-0.05, 0) is 124 Å². The Balaban J connectivity index is 1.19. The number of para-hydroxylation sites is 1. The summed E-state index contributed by atoms with van der Waals surface area (Å²) in [4.78, 5) is 5.13. The first kappa shape index (κ1) is 33.4. The van der Waals surface area contributed by atoms with E-state index in [1.54, 1.807) is 0 Å². The molecular formula is C55H42N2. The van der Waals surface area contributed by atoms with Crippen LogP contribution in [0, 0.1) is 6.92 Å². The van der Waals surface area contributed by atoms with E-state index in [0.717, 1.165) is 30.6 Å². The first-order valence-electron chi connectivity index (χ1n) is 20.3. The fourth-order valence-corrected chi connectivity index (χ4v) is 9.51. The van der Waals surface area contributed by atoms with Gasteiger partial charge in [0.2, 0.25) is 0 Å². The van der Waals surface area contributed by atoms with Crippen LogP contribution >= 0.6 is 0 Å². The summed E-state index contributed by atoms with van der Waals surface area (Å²) in [6.07, 6.45) is 16.9. The van der Waals surface area contributed by atoms with E-state index in [1.807, 2.05) is 0 Å². The highest BCUT2D eigenvalue weighted by Gasteiger charge is 2.29. The van der Waals surface area contributed by atoms with Gasteiger partial charge >= 0.3 is 0 Å². The van der Waals surface area contributed by atoms with Crippen molar-refractivity contribution < 1.29 is 0 Å². The number of fused-ring (bicyclic) bond motifs is 6. The molecule has 0 saturated carbocycles. The number of allylic oxidation sites excluding steroid dienone is 3. The van der Waals surface area contributed by atoms with Gasteiger partial charge in [-0.25, -0.2) is 0 Å². The van der Waals surface area contributed by atoms with Crippen molar-refractivity contribution in [3.05, 3.63) is 205 Å². The molecule has 272 valence electrons. The van der Waals surface area contributed by atoms with Gasteiger partial charge in [-0.1, -0.05) is 146 Å². The molecule has 2 aliphatic rings. The normalized spacial score (nSPS) is 14.9. The molecule has 0 heterocycles. The van der Waals surface area contributed by atoms with Crippen LogP contribution in [0.4, 0.5) is 28.4 Å². The molecule has 1 atom stereocenters. The van der Waals surface area contributed by atoms with Crippen molar-refractivity contribution in [2.75, 3.05) is 9.80 Å². The quantitative estimate of drug-likeness (QED) is 0.124. The van der Waals surface area contributed by atoms with Crippen molar-refractivity contribution in [2.24, 2.45) is 0 Å². The van der Waals surface area contributed by atoms with E-state index in [-0.39, 0.29) is 6.04 Å². The number of aryl methyl sites for hydroxylation is 2. The zero-order valence-electron chi connectivity index (χ0n) is 32.1. The Kier molecular flexibility index (Phi) is 8.03. The van der Waals surface area contributed by atoms with E-state index in [2.05, 4.69) is 211 Å². The van der Waals surface area contributed by atoms with E-state index in [9.17, 15) is 0 Å². The molecule has 0 spiro atoms. The number of anilines is 5. The molecule has 0 aliphatic heterocycles. The van der Waals surface area contributed by atoms with Crippen LogP contribution in [0.1, 0.15) is 29.5 Å². The summed E-state index contributed by atoms with van der Waals surface area (Å²) in [5.41, 5.74) is 10.0. The van der Waals surface area contributed by atoms with Crippen molar-refractivity contribution in [1.82, 2.24) is 0 Å². The van der Waals surface area contributed by atoms with Gasteiger partial charge in [0.05, 0.1) is 17.4 Å². The molecule has 0 radical (unpaired) electrons. The Morgan fingerprint density at radius 1 is 0.491 bits per heavy atom. The standard InChI is InChI=1S/C55H42N2/c1-37-52-36-41-19-11-10-17-39(41)33-43(52)29-31-53(37)57(46-22-6-3-7-23-46)55-50-26-14-12-24-48(50)54(49-25-13-15-27-51(49)55)56(45-20-4-2-5-21-45)47-30-28-42-32-38-16-8-9-18-40(38)34-44(42)35-47/h2-9,11-16,18-22,24-36,46H,10,17,23H2,1H3. The third kappa shape index (κ3) is 5.63. The zero-order chi connectivity index (χ0) is 37.9. The van der Waals surface area contributed by atoms with E-state index in [4.69, 9.17) is 0 Å². The number of hydrogen-bond acceptors (Lipinski definition) is 2. The molecule has 2 nitrogen and oxygen atoms in total. The number of benzene rings is 9. The van der Waals surface area contributed by atoms with Crippen LogP contribution in [0.5, 0.6) is 0 Å². The second kappa shape index (κ2) is 13.7. The van der Waals surface area contributed by atoms with Crippen molar-refractivity contribution in [2.45, 2.75) is 32.2 Å². The lowest BCUT2D eigenvalue weighted by Gasteiger charge is -2.37. The van der Waals surface area contributed by atoms with Gasteiger partial charge in [0.15, 0.2) is 0 Å². The molecule has 1 unspecified atom stereocenters. The van der Waals surface area contributed by atoms with E-state index >= 15 is 0 Å². The Hall–Kier alpha value is -6.90. The van der Waals surface area contributed by atoms with Crippen molar-refractivity contribution in [3.8, 4) is 0 Å². The fourth-order valence-electron chi connectivity index (χ4n) is 9.51. The van der Waals surface area contributed by atoms with Gasteiger partial charge < -0.3 is 9.80 Å². The van der Waals surface area contributed by atoms with Crippen LogP contribution in [0.15, 0.2) is 188 Å². The van der Waals surface area contributed by atoms with Crippen LogP contribution < -0.4 is 9.80 Å². The van der Waals surface area contributed by atoms with Crippen LogP contribution in [-0.4, -0.2) is 6.04 Å². The van der Waals surface area contributed by atoms with Gasteiger partial charge in [0, 0.05) is 38.6 Å².